The molecule has 110 valence electrons. The third-order valence-corrected chi connectivity index (χ3v) is 3.63. The van der Waals surface area contributed by atoms with Crippen molar-refractivity contribution in [2.45, 2.75) is 52.1 Å². The Morgan fingerprint density at radius 2 is 2.32 bits per heavy atom. The first-order chi connectivity index (χ1) is 8.69. The van der Waals surface area contributed by atoms with Crippen molar-refractivity contribution in [3.8, 4) is 0 Å². The van der Waals surface area contributed by atoms with Crippen molar-refractivity contribution < 1.29 is 4.52 Å². The van der Waals surface area contributed by atoms with E-state index in [0.29, 0.717) is 5.92 Å². The molecule has 0 amide bonds. The van der Waals surface area contributed by atoms with Crippen LogP contribution in [0.3, 0.4) is 0 Å². The smallest absolute Gasteiger partial charge is 0.240 e. The second-order valence-corrected chi connectivity index (χ2v) is 5.35. The van der Waals surface area contributed by atoms with E-state index in [1.807, 2.05) is 0 Å². The van der Waals surface area contributed by atoms with E-state index in [1.54, 1.807) is 0 Å². The van der Waals surface area contributed by atoms with Gasteiger partial charge in [0.15, 0.2) is 5.82 Å². The number of aromatic nitrogens is 2. The Kier molecular flexibility index (Phi) is 6.75. The van der Waals surface area contributed by atoms with Gasteiger partial charge in [-0.05, 0) is 38.6 Å². The molecule has 2 heterocycles. The minimum atomic E-state index is 0. The lowest BCUT2D eigenvalue weighted by Gasteiger charge is -2.33. The standard InChI is InChI=1S/C13H24N4O.ClH/c1-3-5-12-15-13(18-16-12)9-17-7-4-6-11(8-17)10(2)14;/h10-11H,3-9,14H2,1-2H3;1H. The van der Waals surface area contributed by atoms with E-state index in [2.05, 4.69) is 28.9 Å². The Morgan fingerprint density at radius 3 is 3.00 bits per heavy atom. The molecule has 0 saturated carbocycles. The van der Waals surface area contributed by atoms with Crippen molar-refractivity contribution in [3.63, 3.8) is 0 Å². The van der Waals surface area contributed by atoms with Gasteiger partial charge in [0.2, 0.25) is 5.89 Å². The molecule has 0 aliphatic carbocycles. The van der Waals surface area contributed by atoms with Crippen LogP contribution in [0.2, 0.25) is 0 Å². The summed E-state index contributed by atoms with van der Waals surface area (Å²) >= 11 is 0. The van der Waals surface area contributed by atoms with Gasteiger partial charge >= 0.3 is 0 Å². The first kappa shape index (κ1) is 16.4. The molecule has 0 aromatic carbocycles. The molecule has 6 heteroatoms. The molecule has 1 aromatic rings. The number of hydrogen-bond donors (Lipinski definition) is 1. The summed E-state index contributed by atoms with van der Waals surface area (Å²) < 4.78 is 5.28. The molecule has 19 heavy (non-hydrogen) atoms. The second kappa shape index (κ2) is 7.82. The maximum absolute atomic E-state index is 5.99. The average molecular weight is 289 g/mol. The molecule has 5 nitrogen and oxygen atoms in total. The Bertz CT molecular complexity index is 369. The molecule has 0 radical (unpaired) electrons. The molecule has 2 unspecified atom stereocenters. The molecule has 1 aromatic heterocycles. The highest BCUT2D eigenvalue weighted by atomic mass is 35.5. The Labute approximate surface area is 121 Å². The van der Waals surface area contributed by atoms with Crippen LogP contribution in [-0.2, 0) is 13.0 Å². The quantitative estimate of drug-likeness (QED) is 0.897. The highest BCUT2D eigenvalue weighted by Gasteiger charge is 2.23. The third-order valence-electron chi connectivity index (χ3n) is 3.63. The van der Waals surface area contributed by atoms with Crippen LogP contribution in [0.25, 0.3) is 0 Å². The van der Waals surface area contributed by atoms with Gasteiger partial charge in [-0.25, -0.2) is 0 Å². The topological polar surface area (TPSA) is 68.2 Å². The van der Waals surface area contributed by atoms with Gasteiger partial charge in [-0.2, -0.15) is 4.98 Å². The minimum Gasteiger partial charge on any atom is -0.338 e. The number of rotatable bonds is 5. The van der Waals surface area contributed by atoms with E-state index in [-0.39, 0.29) is 18.4 Å². The predicted octanol–water partition coefficient (Wildman–Crippen LogP) is 2.00. The van der Waals surface area contributed by atoms with Crippen LogP contribution in [0.4, 0.5) is 0 Å². The summed E-state index contributed by atoms with van der Waals surface area (Å²) in [6.45, 7) is 7.13. The summed E-state index contributed by atoms with van der Waals surface area (Å²) in [4.78, 5) is 6.79. The van der Waals surface area contributed by atoms with E-state index in [0.717, 1.165) is 44.2 Å². The molecule has 0 spiro atoms. The summed E-state index contributed by atoms with van der Waals surface area (Å²) in [6.07, 6.45) is 4.39. The average Bonchev–Trinajstić information content (AvgIpc) is 2.77. The van der Waals surface area contributed by atoms with Crippen LogP contribution in [0, 0.1) is 5.92 Å². The highest BCUT2D eigenvalue weighted by Crippen LogP contribution is 2.20. The summed E-state index contributed by atoms with van der Waals surface area (Å²) in [5, 5.41) is 3.99. The number of halogens is 1. The molecular weight excluding hydrogens is 264 g/mol. The fourth-order valence-corrected chi connectivity index (χ4v) is 2.53. The number of hydrogen-bond acceptors (Lipinski definition) is 5. The van der Waals surface area contributed by atoms with E-state index >= 15 is 0 Å². The molecule has 1 fully saturated rings. The predicted molar refractivity (Wildman–Crippen MR) is 77.2 cm³/mol. The highest BCUT2D eigenvalue weighted by molar-refractivity contribution is 5.85. The van der Waals surface area contributed by atoms with Crippen molar-refractivity contribution in [1.82, 2.24) is 15.0 Å². The van der Waals surface area contributed by atoms with Crippen molar-refractivity contribution in [2.24, 2.45) is 11.7 Å². The zero-order chi connectivity index (χ0) is 13.0. The van der Waals surface area contributed by atoms with Gasteiger partial charge in [0.05, 0.1) is 6.54 Å². The summed E-state index contributed by atoms with van der Waals surface area (Å²) in [5.41, 5.74) is 5.99. The van der Waals surface area contributed by atoms with Crippen molar-refractivity contribution in [2.75, 3.05) is 13.1 Å². The molecule has 2 N–H and O–H groups in total. The fraction of sp³-hybridized carbons (Fsp3) is 0.846. The normalized spacial score (nSPS) is 21.9. The van der Waals surface area contributed by atoms with E-state index in [4.69, 9.17) is 10.3 Å². The first-order valence-electron chi connectivity index (χ1n) is 6.98. The first-order valence-corrected chi connectivity index (χ1v) is 6.98. The molecule has 1 aliphatic heterocycles. The Balaban J connectivity index is 0.00000180. The van der Waals surface area contributed by atoms with Crippen molar-refractivity contribution in [3.05, 3.63) is 11.7 Å². The van der Waals surface area contributed by atoms with Crippen molar-refractivity contribution >= 4 is 12.4 Å². The number of piperidine rings is 1. The van der Waals surface area contributed by atoms with E-state index in [1.165, 1.54) is 12.8 Å². The Hall–Kier alpha value is -0.650. The molecular formula is C13H25ClN4O. The molecule has 0 bridgehead atoms. The summed E-state index contributed by atoms with van der Waals surface area (Å²) in [7, 11) is 0. The maximum atomic E-state index is 5.99. The third kappa shape index (κ3) is 4.75. The number of nitrogens with zero attached hydrogens (tertiary/aromatic N) is 3. The van der Waals surface area contributed by atoms with Crippen LogP contribution in [-0.4, -0.2) is 34.2 Å². The fourth-order valence-electron chi connectivity index (χ4n) is 2.53. The largest absolute Gasteiger partial charge is 0.338 e. The van der Waals surface area contributed by atoms with E-state index < -0.39 is 0 Å². The van der Waals surface area contributed by atoms with Crippen LogP contribution in [0.15, 0.2) is 4.52 Å². The maximum Gasteiger partial charge on any atom is 0.240 e. The molecule has 2 rings (SSSR count). The molecule has 2 atom stereocenters. The van der Waals surface area contributed by atoms with Crippen molar-refractivity contribution in [1.29, 1.82) is 0 Å². The number of nitrogens with two attached hydrogens (primary N) is 1. The van der Waals surface area contributed by atoms with Crippen LogP contribution < -0.4 is 5.73 Å². The summed E-state index contributed by atoms with van der Waals surface area (Å²) in [5.74, 6) is 2.16. The number of likely N-dealkylation sites (tertiary alicyclic amines) is 1. The Morgan fingerprint density at radius 1 is 1.53 bits per heavy atom. The van der Waals surface area contributed by atoms with Crippen LogP contribution in [0.1, 0.15) is 44.8 Å². The van der Waals surface area contributed by atoms with Gasteiger partial charge in [-0.1, -0.05) is 12.1 Å². The monoisotopic (exact) mass is 288 g/mol. The summed E-state index contributed by atoms with van der Waals surface area (Å²) in [6, 6.07) is 0.270. The van der Waals surface area contributed by atoms with Gasteiger partial charge in [0.25, 0.3) is 0 Å². The van der Waals surface area contributed by atoms with E-state index in [9.17, 15) is 0 Å². The second-order valence-electron chi connectivity index (χ2n) is 5.35. The lowest BCUT2D eigenvalue weighted by Crippen LogP contribution is -2.41. The van der Waals surface area contributed by atoms with Gasteiger partial charge in [-0.3, -0.25) is 4.90 Å². The SMILES string of the molecule is CCCc1noc(CN2CCCC(C(C)N)C2)n1.Cl. The van der Waals surface area contributed by atoms with Gasteiger partial charge in [0, 0.05) is 19.0 Å². The zero-order valence-electron chi connectivity index (χ0n) is 11.8. The minimum absolute atomic E-state index is 0. The van der Waals surface area contributed by atoms with Gasteiger partial charge in [-0.15, -0.1) is 12.4 Å². The van der Waals surface area contributed by atoms with Crippen LogP contribution >= 0.6 is 12.4 Å². The number of aryl methyl sites for hydroxylation is 1. The lowest BCUT2D eigenvalue weighted by atomic mass is 9.92. The lowest BCUT2D eigenvalue weighted by molar-refractivity contribution is 0.139. The van der Waals surface area contributed by atoms with Gasteiger partial charge < -0.3 is 10.3 Å². The molecule has 1 saturated heterocycles. The molecule has 1 aliphatic rings. The zero-order valence-corrected chi connectivity index (χ0v) is 12.7. The van der Waals surface area contributed by atoms with Gasteiger partial charge in [0.1, 0.15) is 0 Å². The van der Waals surface area contributed by atoms with Crippen LogP contribution in [0.5, 0.6) is 0 Å².